The first kappa shape index (κ1) is 16.8. The summed E-state index contributed by atoms with van der Waals surface area (Å²) in [5.41, 5.74) is 2.93. The fraction of sp³-hybridized carbons (Fsp3) is 0.150. The number of carboxylic acid groups (broad SMARTS) is 2. The molecule has 0 spiro atoms. The minimum atomic E-state index is -1.55. The number of fused-ring (bicyclic) bond motifs is 3. The normalized spacial score (nSPS) is 13.4. The number of hydrogen-bond acceptors (Lipinski definition) is 4. The quantitative estimate of drug-likeness (QED) is 0.678. The van der Waals surface area contributed by atoms with Gasteiger partial charge in [-0.2, -0.15) is 0 Å². The number of aromatic nitrogens is 1. The van der Waals surface area contributed by atoms with Gasteiger partial charge in [-0.3, -0.25) is 9.36 Å². The zero-order valence-electron chi connectivity index (χ0n) is 14.3. The van der Waals surface area contributed by atoms with Crippen molar-refractivity contribution in [1.82, 2.24) is 4.57 Å². The van der Waals surface area contributed by atoms with Crippen molar-refractivity contribution in [1.29, 1.82) is 0 Å². The molecule has 0 atom stereocenters. The standard InChI is InChI=1S/C20H16N2O5/c23-18(20(26)27)22-16-7-6-12(19(24)25)10-15(16)14-8-9-21(11-17(14)22)13-4-2-1-3-5-13/h1-7,10H,8-9,11H2,(H,24,25)(H,26,27). The Kier molecular flexibility index (Phi) is 3.92. The minimum Gasteiger partial charge on any atom is -0.478 e. The zero-order valence-corrected chi connectivity index (χ0v) is 14.3. The number of carbonyl (C=O) groups is 3. The molecule has 27 heavy (non-hydrogen) atoms. The first-order chi connectivity index (χ1) is 13.0. The largest absolute Gasteiger partial charge is 0.478 e. The van der Waals surface area contributed by atoms with Crippen LogP contribution in [0.15, 0.2) is 48.5 Å². The van der Waals surface area contributed by atoms with Gasteiger partial charge in [-0.15, -0.1) is 0 Å². The molecule has 0 aliphatic carbocycles. The first-order valence-corrected chi connectivity index (χ1v) is 8.44. The third-order valence-electron chi connectivity index (χ3n) is 4.91. The number of anilines is 1. The second-order valence-corrected chi connectivity index (χ2v) is 6.42. The Bertz CT molecular complexity index is 1080. The molecule has 0 unspecified atom stereocenters. The van der Waals surface area contributed by atoms with Crippen molar-refractivity contribution < 1.29 is 24.6 Å². The van der Waals surface area contributed by atoms with Gasteiger partial charge in [0.2, 0.25) is 0 Å². The summed E-state index contributed by atoms with van der Waals surface area (Å²) in [6.45, 7) is 1.06. The Morgan fingerprint density at radius 1 is 0.963 bits per heavy atom. The smallest absolute Gasteiger partial charge is 0.395 e. The van der Waals surface area contributed by atoms with Crippen molar-refractivity contribution in [2.24, 2.45) is 0 Å². The van der Waals surface area contributed by atoms with Crippen LogP contribution in [0.3, 0.4) is 0 Å². The maximum atomic E-state index is 12.4. The molecule has 0 bridgehead atoms. The van der Waals surface area contributed by atoms with Crippen molar-refractivity contribution in [3.63, 3.8) is 0 Å². The van der Waals surface area contributed by atoms with Crippen LogP contribution in [0.25, 0.3) is 10.9 Å². The minimum absolute atomic E-state index is 0.107. The Labute approximate surface area is 154 Å². The van der Waals surface area contributed by atoms with Crippen LogP contribution in [0.2, 0.25) is 0 Å². The molecule has 3 aromatic rings. The maximum Gasteiger partial charge on any atom is 0.395 e. The molecule has 136 valence electrons. The molecular formula is C20H16N2O5. The SMILES string of the molecule is O=C(O)C(=O)n1c2c(c3cc(C(=O)O)ccc31)CCN(c1ccccc1)C2. The van der Waals surface area contributed by atoms with Gasteiger partial charge < -0.3 is 15.1 Å². The van der Waals surface area contributed by atoms with Crippen molar-refractivity contribution in [3.05, 3.63) is 65.4 Å². The number of nitrogens with zero attached hydrogens (tertiary/aromatic N) is 2. The molecule has 7 nitrogen and oxygen atoms in total. The summed E-state index contributed by atoms with van der Waals surface area (Å²) in [6, 6.07) is 14.1. The highest BCUT2D eigenvalue weighted by molar-refractivity contribution is 6.34. The third-order valence-corrected chi connectivity index (χ3v) is 4.91. The predicted molar refractivity (Wildman–Crippen MR) is 98.4 cm³/mol. The van der Waals surface area contributed by atoms with Gasteiger partial charge in [0.15, 0.2) is 0 Å². The van der Waals surface area contributed by atoms with Crippen LogP contribution in [-0.2, 0) is 17.8 Å². The van der Waals surface area contributed by atoms with Gasteiger partial charge in [0.1, 0.15) is 0 Å². The van der Waals surface area contributed by atoms with E-state index in [9.17, 15) is 24.6 Å². The zero-order chi connectivity index (χ0) is 19.1. The van der Waals surface area contributed by atoms with E-state index in [1.807, 2.05) is 30.3 Å². The number of rotatable bonds is 2. The van der Waals surface area contributed by atoms with Crippen molar-refractivity contribution in [3.8, 4) is 0 Å². The lowest BCUT2D eigenvalue weighted by Crippen LogP contribution is -2.33. The fourth-order valence-corrected chi connectivity index (χ4v) is 3.68. The molecule has 0 radical (unpaired) electrons. The lowest BCUT2D eigenvalue weighted by Gasteiger charge is -2.30. The lowest BCUT2D eigenvalue weighted by molar-refractivity contribution is -0.132. The van der Waals surface area contributed by atoms with Crippen LogP contribution < -0.4 is 4.90 Å². The van der Waals surface area contributed by atoms with Crippen LogP contribution in [-0.4, -0.2) is 39.2 Å². The summed E-state index contributed by atoms with van der Waals surface area (Å²) in [7, 11) is 0. The second-order valence-electron chi connectivity index (χ2n) is 6.42. The molecule has 2 aromatic carbocycles. The van der Waals surface area contributed by atoms with E-state index < -0.39 is 17.8 Å². The average molecular weight is 364 g/mol. The van der Waals surface area contributed by atoms with E-state index in [-0.39, 0.29) is 5.56 Å². The van der Waals surface area contributed by atoms with E-state index in [1.54, 1.807) is 0 Å². The fourth-order valence-electron chi connectivity index (χ4n) is 3.68. The number of aliphatic carboxylic acids is 1. The average Bonchev–Trinajstić information content (AvgIpc) is 3.00. The summed E-state index contributed by atoms with van der Waals surface area (Å²) in [5, 5.41) is 19.1. The van der Waals surface area contributed by atoms with E-state index in [2.05, 4.69) is 4.90 Å². The number of hydrogen-bond donors (Lipinski definition) is 2. The highest BCUT2D eigenvalue weighted by Crippen LogP contribution is 2.33. The molecule has 2 N–H and O–H groups in total. The summed E-state index contributed by atoms with van der Waals surface area (Å²) in [6.07, 6.45) is 0.587. The highest BCUT2D eigenvalue weighted by Gasteiger charge is 2.29. The molecule has 1 aromatic heterocycles. The maximum absolute atomic E-state index is 12.4. The van der Waals surface area contributed by atoms with E-state index in [0.717, 1.165) is 11.3 Å². The van der Waals surface area contributed by atoms with Gasteiger partial charge in [-0.05, 0) is 42.3 Å². The molecule has 0 saturated carbocycles. The van der Waals surface area contributed by atoms with E-state index in [0.29, 0.717) is 36.1 Å². The number of aromatic carboxylic acids is 1. The molecule has 1 aliphatic heterocycles. The topological polar surface area (TPSA) is 99.8 Å². The van der Waals surface area contributed by atoms with E-state index in [1.165, 1.54) is 22.8 Å². The summed E-state index contributed by atoms with van der Waals surface area (Å²) < 4.78 is 1.20. The van der Waals surface area contributed by atoms with Gasteiger partial charge in [0.25, 0.3) is 0 Å². The number of para-hydroxylation sites is 1. The summed E-state index contributed by atoms with van der Waals surface area (Å²) in [5.74, 6) is -3.65. The van der Waals surface area contributed by atoms with E-state index in [4.69, 9.17) is 0 Å². The highest BCUT2D eigenvalue weighted by atomic mass is 16.4. The molecule has 4 rings (SSSR count). The molecule has 0 amide bonds. The van der Waals surface area contributed by atoms with Crippen LogP contribution in [0.4, 0.5) is 5.69 Å². The Hall–Kier alpha value is -3.61. The summed E-state index contributed by atoms with van der Waals surface area (Å²) >= 11 is 0. The first-order valence-electron chi connectivity index (χ1n) is 8.44. The third kappa shape index (κ3) is 2.73. The molecule has 0 saturated heterocycles. The summed E-state index contributed by atoms with van der Waals surface area (Å²) in [4.78, 5) is 37.2. The second kappa shape index (κ2) is 6.28. The molecular weight excluding hydrogens is 348 g/mol. The van der Waals surface area contributed by atoms with Gasteiger partial charge >= 0.3 is 17.8 Å². The number of benzene rings is 2. The molecule has 7 heteroatoms. The Morgan fingerprint density at radius 3 is 2.37 bits per heavy atom. The predicted octanol–water partition coefficient (Wildman–Crippen LogP) is 2.63. The van der Waals surface area contributed by atoms with Crippen LogP contribution in [0.1, 0.15) is 26.4 Å². The van der Waals surface area contributed by atoms with Crippen LogP contribution in [0.5, 0.6) is 0 Å². The van der Waals surface area contributed by atoms with Gasteiger partial charge in [0.05, 0.1) is 17.6 Å². The lowest BCUT2D eigenvalue weighted by atomic mass is 10.0. The van der Waals surface area contributed by atoms with Gasteiger partial charge in [-0.1, -0.05) is 18.2 Å². The monoisotopic (exact) mass is 364 g/mol. The number of carbonyl (C=O) groups excluding carboxylic acids is 1. The number of carboxylic acids is 2. The Balaban J connectivity index is 1.91. The van der Waals surface area contributed by atoms with Gasteiger partial charge in [0, 0.05) is 23.3 Å². The van der Waals surface area contributed by atoms with Crippen LogP contribution >= 0.6 is 0 Å². The van der Waals surface area contributed by atoms with Crippen LogP contribution in [0, 0.1) is 0 Å². The molecule has 0 fully saturated rings. The Morgan fingerprint density at radius 2 is 1.70 bits per heavy atom. The van der Waals surface area contributed by atoms with Crippen molar-refractivity contribution in [2.45, 2.75) is 13.0 Å². The van der Waals surface area contributed by atoms with Crippen molar-refractivity contribution in [2.75, 3.05) is 11.4 Å². The molecule has 1 aliphatic rings. The van der Waals surface area contributed by atoms with Crippen molar-refractivity contribution >= 4 is 34.4 Å². The molecule has 2 heterocycles. The van der Waals surface area contributed by atoms with E-state index >= 15 is 0 Å². The van der Waals surface area contributed by atoms with Gasteiger partial charge in [-0.25, -0.2) is 9.59 Å².